The zero-order chi connectivity index (χ0) is 9.97. The van der Waals surface area contributed by atoms with Crippen LogP contribution in [0.5, 0.6) is 0 Å². The molecule has 2 rings (SSSR count). The number of aryl methyl sites for hydroxylation is 1. The number of nitrogens with one attached hydrogen (secondary N) is 1. The normalized spacial score (nSPS) is 28.6. The van der Waals surface area contributed by atoms with Crippen LogP contribution in [0.15, 0.2) is 16.5 Å². The van der Waals surface area contributed by atoms with Crippen molar-refractivity contribution in [2.75, 3.05) is 18.1 Å². The smallest absolute Gasteiger partial charge is 0.122 e. The van der Waals surface area contributed by atoms with Crippen molar-refractivity contribution in [3.8, 4) is 0 Å². The Labute approximate surface area is 86.3 Å². The Balaban J connectivity index is 2.12. The Morgan fingerprint density at radius 1 is 1.57 bits per heavy atom. The summed E-state index contributed by atoms with van der Waals surface area (Å²) in [4.78, 5) is 0. The lowest BCUT2D eigenvalue weighted by Gasteiger charge is -2.11. The molecular weight excluding hydrogens is 198 g/mol. The second-order valence-electron chi connectivity index (χ2n) is 3.62. The largest absolute Gasteiger partial charge is 0.465 e. The molecule has 2 unspecified atom stereocenters. The Morgan fingerprint density at radius 2 is 2.43 bits per heavy atom. The van der Waals surface area contributed by atoms with E-state index < -0.39 is 10.8 Å². The molecule has 0 bridgehead atoms. The van der Waals surface area contributed by atoms with E-state index in [1.165, 1.54) is 0 Å². The van der Waals surface area contributed by atoms with Gasteiger partial charge in [0.15, 0.2) is 0 Å². The summed E-state index contributed by atoms with van der Waals surface area (Å²) in [6.45, 7) is 2.85. The van der Waals surface area contributed by atoms with Crippen molar-refractivity contribution in [1.29, 1.82) is 0 Å². The van der Waals surface area contributed by atoms with E-state index in [9.17, 15) is 4.21 Å². The number of hydrogen-bond acceptors (Lipinski definition) is 3. The summed E-state index contributed by atoms with van der Waals surface area (Å²) in [6, 6.07) is 4.05. The van der Waals surface area contributed by atoms with Gasteiger partial charge in [0, 0.05) is 22.3 Å². The molecule has 2 heterocycles. The second kappa shape index (κ2) is 4.28. The van der Waals surface area contributed by atoms with Crippen LogP contribution in [-0.2, 0) is 10.8 Å². The molecule has 1 fully saturated rings. The van der Waals surface area contributed by atoms with Gasteiger partial charge in [-0.25, -0.2) is 0 Å². The van der Waals surface area contributed by atoms with Crippen LogP contribution < -0.4 is 5.32 Å². The minimum atomic E-state index is -0.701. The van der Waals surface area contributed by atoms with E-state index in [1.807, 2.05) is 19.1 Å². The van der Waals surface area contributed by atoms with E-state index in [2.05, 4.69) is 5.32 Å². The molecular formula is C10H15NO2S. The highest BCUT2D eigenvalue weighted by Crippen LogP contribution is 2.19. The molecule has 1 aliphatic heterocycles. The van der Waals surface area contributed by atoms with Crippen LogP contribution in [0.1, 0.15) is 24.0 Å². The maximum Gasteiger partial charge on any atom is 0.122 e. The Kier molecular flexibility index (Phi) is 3.03. The van der Waals surface area contributed by atoms with E-state index >= 15 is 0 Å². The lowest BCUT2D eigenvalue weighted by molar-refractivity contribution is 0.422. The van der Waals surface area contributed by atoms with Crippen LogP contribution >= 0.6 is 0 Å². The van der Waals surface area contributed by atoms with Crippen molar-refractivity contribution in [2.45, 2.75) is 19.4 Å². The lowest BCUT2D eigenvalue weighted by atomic mass is 10.2. The fourth-order valence-electron chi connectivity index (χ4n) is 1.66. The molecule has 2 atom stereocenters. The minimum Gasteiger partial charge on any atom is -0.465 e. The zero-order valence-corrected chi connectivity index (χ0v) is 9.10. The van der Waals surface area contributed by atoms with E-state index in [4.69, 9.17) is 4.42 Å². The van der Waals surface area contributed by atoms with Crippen molar-refractivity contribution in [2.24, 2.45) is 0 Å². The molecule has 1 aromatic heterocycles. The van der Waals surface area contributed by atoms with Crippen LogP contribution in [0, 0.1) is 6.92 Å². The Hall–Kier alpha value is -0.610. The van der Waals surface area contributed by atoms with Crippen LogP contribution in [0.2, 0.25) is 0 Å². The third kappa shape index (κ3) is 2.25. The Morgan fingerprint density at radius 3 is 3.14 bits per heavy atom. The van der Waals surface area contributed by atoms with Crippen molar-refractivity contribution in [3.63, 3.8) is 0 Å². The average Bonchev–Trinajstić information content (AvgIpc) is 2.45. The quantitative estimate of drug-likeness (QED) is 0.766. The maximum atomic E-state index is 11.5. The summed E-state index contributed by atoms with van der Waals surface area (Å²) in [7, 11) is -0.701. The molecule has 0 radical (unpaired) electrons. The first-order valence-corrected chi connectivity index (χ1v) is 6.39. The molecule has 78 valence electrons. The molecule has 0 aromatic carbocycles. The fourth-order valence-corrected chi connectivity index (χ4v) is 2.95. The molecule has 1 aliphatic rings. The van der Waals surface area contributed by atoms with Crippen molar-refractivity contribution in [3.05, 3.63) is 23.7 Å². The number of rotatable bonds is 1. The third-order valence-corrected chi connectivity index (χ3v) is 3.85. The minimum absolute atomic E-state index is 0.132. The average molecular weight is 213 g/mol. The van der Waals surface area contributed by atoms with Gasteiger partial charge in [-0.1, -0.05) is 0 Å². The van der Waals surface area contributed by atoms with E-state index in [0.29, 0.717) is 5.75 Å². The van der Waals surface area contributed by atoms with Gasteiger partial charge in [0.2, 0.25) is 0 Å². The highest BCUT2D eigenvalue weighted by molar-refractivity contribution is 7.85. The summed E-state index contributed by atoms with van der Waals surface area (Å²) in [5, 5.41) is 3.35. The molecule has 0 aliphatic carbocycles. The maximum absolute atomic E-state index is 11.5. The van der Waals surface area contributed by atoms with Crippen LogP contribution in [0.4, 0.5) is 0 Å². The fraction of sp³-hybridized carbons (Fsp3) is 0.600. The van der Waals surface area contributed by atoms with Gasteiger partial charge in [-0.05, 0) is 32.0 Å². The van der Waals surface area contributed by atoms with Gasteiger partial charge in [-0.3, -0.25) is 4.21 Å². The highest BCUT2D eigenvalue weighted by Gasteiger charge is 2.20. The van der Waals surface area contributed by atoms with E-state index in [-0.39, 0.29) is 6.04 Å². The van der Waals surface area contributed by atoms with Crippen molar-refractivity contribution >= 4 is 10.8 Å². The van der Waals surface area contributed by atoms with Crippen LogP contribution in [0.3, 0.4) is 0 Å². The van der Waals surface area contributed by atoms with Crippen LogP contribution in [0.25, 0.3) is 0 Å². The third-order valence-electron chi connectivity index (χ3n) is 2.40. The first kappa shape index (κ1) is 9.93. The summed E-state index contributed by atoms with van der Waals surface area (Å²) in [5.41, 5.74) is 0. The summed E-state index contributed by atoms with van der Waals surface area (Å²) < 4.78 is 17.0. The molecule has 3 nitrogen and oxygen atoms in total. The standard InChI is InChI=1S/C10H15NO2S/c1-8-3-4-10(13-8)9-7-14(12)6-2-5-11-9/h3-4,9,11H,2,5-7H2,1H3. The molecule has 1 aromatic rings. The summed E-state index contributed by atoms with van der Waals surface area (Å²) in [6.07, 6.45) is 0.989. The molecule has 1 N–H and O–H groups in total. The Bertz CT molecular complexity index is 335. The van der Waals surface area contributed by atoms with Crippen LogP contribution in [-0.4, -0.2) is 22.3 Å². The lowest BCUT2D eigenvalue weighted by Crippen LogP contribution is -2.23. The highest BCUT2D eigenvalue weighted by atomic mass is 32.2. The van der Waals surface area contributed by atoms with E-state index in [0.717, 1.165) is 30.2 Å². The SMILES string of the molecule is Cc1ccc(C2CS(=O)CCCN2)o1. The van der Waals surface area contributed by atoms with Gasteiger partial charge in [0.25, 0.3) is 0 Å². The van der Waals surface area contributed by atoms with Gasteiger partial charge < -0.3 is 9.73 Å². The number of furan rings is 1. The summed E-state index contributed by atoms with van der Waals surface area (Å²) in [5.74, 6) is 3.31. The molecule has 14 heavy (non-hydrogen) atoms. The van der Waals surface area contributed by atoms with Gasteiger partial charge in [-0.15, -0.1) is 0 Å². The molecule has 0 amide bonds. The second-order valence-corrected chi connectivity index (χ2v) is 5.24. The van der Waals surface area contributed by atoms with Crippen molar-refractivity contribution in [1.82, 2.24) is 5.32 Å². The first-order chi connectivity index (χ1) is 6.75. The predicted octanol–water partition coefficient (Wildman–Crippen LogP) is 1.37. The zero-order valence-electron chi connectivity index (χ0n) is 8.29. The van der Waals surface area contributed by atoms with Gasteiger partial charge in [0.1, 0.15) is 11.5 Å². The molecule has 0 spiro atoms. The van der Waals surface area contributed by atoms with Gasteiger partial charge in [-0.2, -0.15) is 0 Å². The summed E-state index contributed by atoms with van der Waals surface area (Å²) >= 11 is 0. The number of hydrogen-bond donors (Lipinski definition) is 1. The monoisotopic (exact) mass is 213 g/mol. The van der Waals surface area contributed by atoms with Crippen molar-refractivity contribution < 1.29 is 8.63 Å². The first-order valence-electron chi connectivity index (χ1n) is 4.90. The topological polar surface area (TPSA) is 42.2 Å². The molecule has 4 heteroatoms. The van der Waals surface area contributed by atoms with Gasteiger partial charge in [0.05, 0.1) is 6.04 Å². The van der Waals surface area contributed by atoms with E-state index in [1.54, 1.807) is 0 Å². The van der Waals surface area contributed by atoms with Gasteiger partial charge >= 0.3 is 0 Å². The predicted molar refractivity (Wildman–Crippen MR) is 56.7 cm³/mol. The molecule has 0 saturated carbocycles. The molecule has 1 saturated heterocycles.